The number of aryl methyl sites for hydroxylation is 1. The number of carbonyl (C=O) groups is 1. The summed E-state index contributed by atoms with van der Waals surface area (Å²) in [5.41, 5.74) is 7.85. The third-order valence-electron chi connectivity index (χ3n) is 6.54. The maximum Gasteiger partial charge on any atom is 0.271 e. The van der Waals surface area contributed by atoms with Crippen molar-refractivity contribution in [3.63, 3.8) is 0 Å². The van der Waals surface area contributed by atoms with Gasteiger partial charge in [-0.2, -0.15) is 5.10 Å². The van der Waals surface area contributed by atoms with Gasteiger partial charge in [0.05, 0.1) is 11.2 Å². The lowest BCUT2D eigenvalue weighted by atomic mass is 9.87. The first-order valence-corrected chi connectivity index (χ1v) is 12.1. The van der Waals surface area contributed by atoms with Gasteiger partial charge in [-0.25, -0.2) is 5.43 Å². The monoisotopic (exact) mass is 483 g/mol. The molecule has 0 radical (unpaired) electrons. The summed E-state index contributed by atoms with van der Waals surface area (Å²) in [5, 5.41) is 19.8. The summed E-state index contributed by atoms with van der Waals surface area (Å²) in [5.74, 6) is -0.471. The molecule has 1 unspecified atom stereocenters. The highest BCUT2D eigenvalue weighted by molar-refractivity contribution is 6.32. The fourth-order valence-electron chi connectivity index (χ4n) is 4.72. The van der Waals surface area contributed by atoms with Gasteiger partial charge in [-0.3, -0.25) is 4.79 Å². The lowest BCUT2D eigenvalue weighted by Crippen LogP contribution is -2.25. The molecule has 0 bridgehead atoms. The molecule has 176 valence electrons. The van der Waals surface area contributed by atoms with Crippen molar-refractivity contribution in [2.75, 3.05) is 0 Å². The summed E-state index contributed by atoms with van der Waals surface area (Å²) in [6.45, 7) is 0.773. The van der Waals surface area contributed by atoms with Crippen molar-refractivity contribution >= 4 is 34.5 Å². The van der Waals surface area contributed by atoms with Gasteiger partial charge in [0.15, 0.2) is 0 Å². The van der Waals surface area contributed by atoms with Gasteiger partial charge in [0, 0.05) is 23.7 Å². The Labute approximate surface area is 209 Å². The summed E-state index contributed by atoms with van der Waals surface area (Å²) < 4.78 is 0. The maximum absolute atomic E-state index is 12.4. The summed E-state index contributed by atoms with van der Waals surface area (Å²) in [7, 11) is 0. The number of phenols is 1. The summed E-state index contributed by atoms with van der Waals surface area (Å²) in [6, 6.07) is 25.8. The van der Waals surface area contributed by atoms with Gasteiger partial charge >= 0.3 is 0 Å². The van der Waals surface area contributed by atoms with Crippen LogP contribution in [-0.2, 0) is 13.0 Å². The second kappa shape index (κ2) is 10.3. The molecule has 6 heteroatoms. The Balaban J connectivity index is 1.32. The molecule has 1 atom stereocenters. The van der Waals surface area contributed by atoms with Gasteiger partial charge in [-0.15, -0.1) is 0 Å². The van der Waals surface area contributed by atoms with E-state index in [9.17, 15) is 9.90 Å². The highest BCUT2D eigenvalue weighted by Gasteiger charge is 2.19. The molecular weight excluding hydrogens is 458 g/mol. The number of nitrogens with zero attached hydrogens (tertiary/aromatic N) is 1. The topological polar surface area (TPSA) is 73.7 Å². The van der Waals surface area contributed by atoms with Crippen LogP contribution in [0.25, 0.3) is 10.8 Å². The van der Waals surface area contributed by atoms with Gasteiger partial charge in [-0.05, 0) is 64.9 Å². The number of nitrogens with one attached hydrogen (secondary N) is 2. The number of fused-ring (bicyclic) bond motifs is 2. The smallest absolute Gasteiger partial charge is 0.271 e. The van der Waals surface area contributed by atoms with Crippen molar-refractivity contribution in [3.8, 4) is 5.75 Å². The van der Waals surface area contributed by atoms with Crippen LogP contribution in [0.4, 0.5) is 0 Å². The first-order chi connectivity index (χ1) is 17.1. The van der Waals surface area contributed by atoms with E-state index >= 15 is 0 Å². The Hall–Kier alpha value is -3.67. The Kier molecular flexibility index (Phi) is 6.80. The second-order valence-electron chi connectivity index (χ2n) is 8.75. The molecule has 0 fully saturated rings. The molecule has 3 N–H and O–H groups in total. The van der Waals surface area contributed by atoms with E-state index in [1.807, 2.05) is 18.2 Å². The van der Waals surface area contributed by atoms with Gasteiger partial charge in [0.25, 0.3) is 5.91 Å². The van der Waals surface area contributed by atoms with E-state index in [0.717, 1.165) is 35.7 Å². The zero-order valence-electron chi connectivity index (χ0n) is 19.2. The Morgan fingerprint density at radius 3 is 2.69 bits per heavy atom. The van der Waals surface area contributed by atoms with Gasteiger partial charge in [0.2, 0.25) is 0 Å². The zero-order chi connectivity index (χ0) is 24.2. The van der Waals surface area contributed by atoms with E-state index < -0.39 is 5.91 Å². The SMILES string of the molecule is O=C(NN=Cc1ccc(CNC2CCCc3ccccc32)c2ccccc12)c1ccc(O)c(Cl)c1. The van der Waals surface area contributed by atoms with Crippen LogP contribution >= 0.6 is 11.6 Å². The number of hydrogen-bond acceptors (Lipinski definition) is 4. The fraction of sp³-hybridized carbons (Fsp3) is 0.172. The van der Waals surface area contributed by atoms with Crippen molar-refractivity contribution in [2.24, 2.45) is 5.10 Å². The van der Waals surface area contributed by atoms with Gasteiger partial charge in [-0.1, -0.05) is 72.3 Å². The summed E-state index contributed by atoms with van der Waals surface area (Å²) in [6.07, 6.45) is 5.15. The van der Waals surface area contributed by atoms with E-state index in [1.165, 1.54) is 41.3 Å². The average molecular weight is 484 g/mol. The summed E-state index contributed by atoms with van der Waals surface area (Å²) in [4.78, 5) is 12.4. The number of benzene rings is 4. The zero-order valence-corrected chi connectivity index (χ0v) is 19.9. The molecule has 5 nitrogen and oxygen atoms in total. The number of amides is 1. The van der Waals surface area contributed by atoms with Crippen LogP contribution in [0.15, 0.2) is 84.0 Å². The van der Waals surface area contributed by atoms with Crippen LogP contribution in [0.2, 0.25) is 5.02 Å². The predicted molar refractivity (Wildman–Crippen MR) is 141 cm³/mol. The minimum Gasteiger partial charge on any atom is -0.506 e. The molecule has 1 amide bonds. The van der Waals surface area contributed by atoms with Crippen molar-refractivity contribution in [1.29, 1.82) is 0 Å². The molecule has 35 heavy (non-hydrogen) atoms. The molecule has 4 aromatic rings. The third-order valence-corrected chi connectivity index (χ3v) is 6.84. The predicted octanol–water partition coefficient (Wildman–Crippen LogP) is 6.13. The molecule has 0 spiro atoms. The second-order valence-corrected chi connectivity index (χ2v) is 9.16. The molecule has 1 aliphatic carbocycles. The Bertz CT molecular complexity index is 1420. The van der Waals surface area contributed by atoms with Gasteiger partial charge < -0.3 is 10.4 Å². The van der Waals surface area contributed by atoms with Crippen LogP contribution in [0, 0.1) is 0 Å². The fourth-order valence-corrected chi connectivity index (χ4v) is 4.90. The minimum atomic E-state index is -0.402. The van der Waals surface area contributed by atoms with Crippen molar-refractivity contribution in [2.45, 2.75) is 31.8 Å². The van der Waals surface area contributed by atoms with E-state index in [2.05, 4.69) is 58.3 Å². The summed E-state index contributed by atoms with van der Waals surface area (Å²) >= 11 is 5.89. The molecule has 0 aliphatic heterocycles. The van der Waals surface area contributed by atoms with Gasteiger partial charge in [0.1, 0.15) is 5.75 Å². The molecule has 1 aliphatic rings. The number of rotatable bonds is 6. The largest absolute Gasteiger partial charge is 0.506 e. The average Bonchev–Trinajstić information content (AvgIpc) is 2.89. The molecule has 0 saturated heterocycles. The van der Waals surface area contributed by atoms with Crippen LogP contribution < -0.4 is 10.7 Å². The quantitative estimate of drug-likeness (QED) is 0.228. The molecule has 5 rings (SSSR count). The lowest BCUT2D eigenvalue weighted by molar-refractivity contribution is 0.0955. The first-order valence-electron chi connectivity index (χ1n) is 11.7. The highest BCUT2D eigenvalue weighted by atomic mass is 35.5. The normalized spacial score (nSPS) is 15.3. The number of hydrazone groups is 1. The lowest BCUT2D eigenvalue weighted by Gasteiger charge is -2.26. The van der Waals surface area contributed by atoms with E-state index in [0.29, 0.717) is 11.6 Å². The standard InChI is InChI=1S/C29H26ClN3O2/c30-26-16-20(14-15-28(26)34)29(35)33-32-18-22-13-12-21(23-8-3-4-9-24(22)23)17-31-27-11-5-7-19-6-1-2-10-25(19)27/h1-4,6,8-10,12-16,18,27,31,34H,5,7,11,17H2,(H,33,35). The molecule has 0 heterocycles. The van der Waals surface area contributed by atoms with E-state index in [4.69, 9.17) is 11.6 Å². The molecule has 0 saturated carbocycles. The maximum atomic E-state index is 12.4. The van der Waals surface area contributed by atoms with Crippen LogP contribution in [-0.4, -0.2) is 17.2 Å². The van der Waals surface area contributed by atoms with Crippen LogP contribution in [0.5, 0.6) is 5.75 Å². The van der Waals surface area contributed by atoms with Crippen LogP contribution in [0.1, 0.15) is 51.5 Å². The van der Waals surface area contributed by atoms with Crippen molar-refractivity contribution < 1.29 is 9.90 Å². The number of halogens is 1. The highest BCUT2D eigenvalue weighted by Crippen LogP contribution is 2.30. The molecule has 0 aromatic heterocycles. The van der Waals surface area contributed by atoms with Crippen LogP contribution in [0.3, 0.4) is 0 Å². The number of carbonyl (C=O) groups excluding carboxylic acids is 1. The Morgan fingerprint density at radius 2 is 1.83 bits per heavy atom. The molecule has 4 aromatic carbocycles. The third kappa shape index (κ3) is 5.06. The first kappa shape index (κ1) is 23.1. The van der Waals surface area contributed by atoms with E-state index in [-0.39, 0.29) is 10.8 Å². The Morgan fingerprint density at radius 1 is 1.03 bits per heavy atom. The minimum absolute atomic E-state index is 0.0690. The van der Waals surface area contributed by atoms with E-state index in [1.54, 1.807) is 6.21 Å². The number of aromatic hydroxyl groups is 1. The number of hydrogen-bond donors (Lipinski definition) is 3. The molecular formula is C29H26ClN3O2. The van der Waals surface area contributed by atoms with Crippen molar-refractivity contribution in [1.82, 2.24) is 10.7 Å². The number of phenolic OH excluding ortho intramolecular Hbond substituents is 1. The van der Waals surface area contributed by atoms with Crippen molar-refractivity contribution in [3.05, 3.63) is 112 Å².